The quantitative estimate of drug-likeness (QED) is 0.345. The maximum Gasteiger partial charge on any atom is 0.513 e. The molecule has 0 aromatic heterocycles. The van der Waals surface area contributed by atoms with Crippen molar-refractivity contribution in [1.82, 2.24) is 0 Å². The predicted octanol–water partition coefficient (Wildman–Crippen LogP) is 3.05. The number of ether oxygens (including phenoxy) is 2. The summed E-state index contributed by atoms with van der Waals surface area (Å²) in [6.07, 6.45) is 2.46. The molecule has 0 spiro atoms. The summed E-state index contributed by atoms with van der Waals surface area (Å²) in [5, 5.41) is 8.90. The highest BCUT2D eigenvalue weighted by atomic mass is 35.5. The molecule has 17 heavy (non-hydrogen) atoms. The summed E-state index contributed by atoms with van der Waals surface area (Å²) in [6, 6.07) is 0. The van der Waals surface area contributed by atoms with Gasteiger partial charge in [-0.2, -0.15) is 0 Å². The van der Waals surface area contributed by atoms with Crippen LogP contribution in [0.4, 0.5) is 4.79 Å². The molecule has 0 aliphatic carbocycles. The van der Waals surface area contributed by atoms with Gasteiger partial charge in [0, 0.05) is 11.5 Å². The van der Waals surface area contributed by atoms with E-state index >= 15 is 0 Å². The SMILES string of the molecule is C/C(Cl)=C\C=C(/C)OC(=O)OCCCC(=O)O. The van der Waals surface area contributed by atoms with E-state index in [0.29, 0.717) is 10.8 Å². The lowest BCUT2D eigenvalue weighted by atomic mass is 10.3. The van der Waals surface area contributed by atoms with Crippen LogP contribution in [0, 0.1) is 0 Å². The third-order valence-corrected chi connectivity index (χ3v) is 1.67. The Hall–Kier alpha value is -1.49. The highest BCUT2D eigenvalue weighted by Crippen LogP contribution is 2.04. The molecule has 5 nitrogen and oxygen atoms in total. The molecule has 0 unspecified atom stereocenters. The van der Waals surface area contributed by atoms with E-state index in [2.05, 4.69) is 4.74 Å². The molecular weight excluding hydrogens is 248 g/mol. The first kappa shape index (κ1) is 15.5. The Kier molecular flexibility index (Phi) is 7.88. The van der Waals surface area contributed by atoms with Crippen LogP contribution < -0.4 is 0 Å². The van der Waals surface area contributed by atoms with Crippen molar-refractivity contribution in [3.05, 3.63) is 22.9 Å². The number of halogens is 1. The summed E-state index contributed by atoms with van der Waals surface area (Å²) in [6.45, 7) is 3.28. The third kappa shape index (κ3) is 10.8. The molecule has 0 aromatic rings. The van der Waals surface area contributed by atoms with Gasteiger partial charge < -0.3 is 14.6 Å². The first-order valence-electron chi connectivity index (χ1n) is 4.99. The van der Waals surface area contributed by atoms with Crippen LogP contribution in [0.25, 0.3) is 0 Å². The summed E-state index contributed by atoms with van der Waals surface area (Å²) in [7, 11) is 0. The zero-order valence-electron chi connectivity index (χ0n) is 9.73. The minimum atomic E-state index is -0.930. The van der Waals surface area contributed by atoms with Crippen LogP contribution in [0.3, 0.4) is 0 Å². The average Bonchev–Trinajstić information content (AvgIpc) is 2.21. The Bertz CT molecular complexity index is 329. The van der Waals surface area contributed by atoms with Crippen molar-refractivity contribution in [3.63, 3.8) is 0 Å². The zero-order valence-corrected chi connectivity index (χ0v) is 10.5. The molecule has 0 amide bonds. The van der Waals surface area contributed by atoms with Crippen molar-refractivity contribution in [3.8, 4) is 0 Å². The van der Waals surface area contributed by atoms with Crippen LogP contribution in [0.15, 0.2) is 22.9 Å². The predicted molar refractivity (Wildman–Crippen MR) is 62.7 cm³/mol. The molecule has 0 aromatic carbocycles. The molecule has 0 rings (SSSR count). The van der Waals surface area contributed by atoms with Crippen LogP contribution in [-0.2, 0) is 14.3 Å². The number of allylic oxidation sites excluding steroid dienone is 4. The van der Waals surface area contributed by atoms with E-state index in [4.69, 9.17) is 21.4 Å². The Morgan fingerprint density at radius 2 is 1.94 bits per heavy atom. The second-order valence-corrected chi connectivity index (χ2v) is 3.82. The first-order valence-corrected chi connectivity index (χ1v) is 5.36. The standard InChI is InChI=1S/C11H15ClO5/c1-8(12)5-6-9(2)17-11(15)16-7-3-4-10(13)14/h5-6H,3-4,7H2,1-2H3,(H,13,14)/b8-5+,9-6+. The number of carbonyl (C=O) groups excluding carboxylic acids is 1. The van der Waals surface area contributed by atoms with Gasteiger partial charge in [-0.1, -0.05) is 11.6 Å². The molecule has 0 saturated carbocycles. The second kappa shape index (κ2) is 8.64. The Morgan fingerprint density at radius 3 is 2.47 bits per heavy atom. The van der Waals surface area contributed by atoms with Gasteiger partial charge in [0.05, 0.1) is 6.61 Å². The third-order valence-electron chi connectivity index (χ3n) is 1.55. The van der Waals surface area contributed by atoms with Crippen molar-refractivity contribution in [1.29, 1.82) is 0 Å². The van der Waals surface area contributed by atoms with Gasteiger partial charge >= 0.3 is 12.1 Å². The van der Waals surface area contributed by atoms with Gasteiger partial charge in [-0.25, -0.2) is 4.79 Å². The van der Waals surface area contributed by atoms with Gasteiger partial charge in [0.1, 0.15) is 5.76 Å². The summed E-state index contributed by atoms with van der Waals surface area (Å²) in [4.78, 5) is 21.2. The van der Waals surface area contributed by atoms with E-state index in [9.17, 15) is 9.59 Å². The molecule has 0 bridgehead atoms. The topological polar surface area (TPSA) is 72.8 Å². The van der Waals surface area contributed by atoms with Crippen LogP contribution in [0.1, 0.15) is 26.7 Å². The average molecular weight is 263 g/mol. The highest BCUT2D eigenvalue weighted by molar-refractivity contribution is 6.29. The van der Waals surface area contributed by atoms with Gasteiger partial charge in [-0.3, -0.25) is 4.79 Å². The number of carbonyl (C=O) groups is 2. The Balaban J connectivity index is 3.82. The van der Waals surface area contributed by atoms with Crippen molar-refractivity contribution < 1.29 is 24.2 Å². The van der Waals surface area contributed by atoms with Crippen LogP contribution in [-0.4, -0.2) is 23.8 Å². The molecule has 0 radical (unpaired) electrons. The lowest BCUT2D eigenvalue weighted by Crippen LogP contribution is -2.08. The molecule has 0 aliphatic heterocycles. The van der Waals surface area contributed by atoms with Gasteiger partial charge in [0.2, 0.25) is 0 Å². The van der Waals surface area contributed by atoms with E-state index < -0.39 is 12.1 Å². The number of carboxylic acid groups (broad SMARTS) is 1. The summed E-state index contributed by atoms with van der Waals surface area (Å²) < 4.78 is 9.41. The van der Waals surface area contributed by atoms with Crippen molar-refractivity contribution in [2.24, 2.45) is 0 Å². The van der Waals surface area contributed by atoms with E-state index in [-0.39, 0.29) is 19.4 Å². The lowest BCUT2D eigenvalue weighted by molar-refractivity contribution is -0.137. The maximum absolute atomic E-state index is 11.1. The monoisotopic (exact) mass is 262 g/mol. The molecule has 96 valence electrons. The molecule has 0 heterocycles. The molecule has 0 saturated heterocycles. The van der Waals surface area contributed by atoms with E-state index in [1.807, 2.05) is 0 Å². The minimum Gasteiger partial charge on any atom is -0.481 e. The Labute approximate surface area is 105 Å². The number of carboxylic acids is 1. The van der Waals surface area contributed by atoms with Gasteiger partial charge in [0.25, 0.3) is 0 Å². The van der Waals surface area contributed by atoms with Gasteiger partial charge in [0.15, 0.2) is 0 Å². The molecular formula is C11H15ClO5. The zero-order chi connectivity index (χ0) is 13.3. The van der Waals surface area contributed by atoms with E-state index in [1.54, 1.807) is 19.9 Å². The van der Waals surface area contributed by atoms with Crippen molar-refractivity contribution >= 4 is 23.7 Å². The number of aliphatic carboxylic acids is 1. The van der Waals surface area contributed by atoms with Gasteiger partial charge in [-0.05, 0) is 32.4 Å². The fourth-order valence-corrected chi connectivity index (χ4v) is 0.869. The molecule has 1 N–H and O–H groups in total. The summed E-state index contributed by atoms with van der Waals surface area (Å²) >= 11 is 5.58. The van der Waals surface area contributed by atoms with Crippen molar-refractivity contribution in [2.75, 3.05) is 6.61 Å². The fraction of sp³-hybridized carbons (Fsp3) is 0.455. The van der Waals surface area contributed by atoms with Crippen LogP contribution in [0.5, 0.6) is 0 Å². The smallest absolute Gasteiger partial charge is 0.481 e. The lowest BCUT2D eigenvalue weighted by Gasteiger charge is -2.04. The second-order valence-electron chi connectivity index (χ2n) is 3.23. The number of hydrogen-bond acceptors (Lipinski definition) is 4. The van der Waals surface area contributed by atoms with E-state index in [1.165, 1.54) is 6.08 Å². The number of hydrogen-bond donors (Lipinski definition) is 1. The largest absolute Gasteiger partial charge is 0.513 e. The summed E-state index contributed by atoms with van der Waals surface area (Å²) in [5.74, 6) is -0.589. The summed E-state index contributed by atoms with van der Waals surface area (Å²) in [5.41, 5.74) is 0. The molecule has 0 aliphatic rings. The fourth-order valence-electron chi connectivity index (χ4n) is 0.806. The maximum atomic E-state index is 11.1. The van der Waals surface area contributed by atoms with Crippen LogP contribution in [0.2, 0.25) is 0 Å². The first-order chi connectivity index (χ1) is 7.91. The highest BCUT2D eigenvalue weighted by Gasteiger charge is 2.05. The molecule has 0 fully saturated rings. The minimum absolute atomic E-state index is 0.0167. The normalized spacial score (nSPS) is 12.2. The molecule has 6 heteroatoms. The van der Waals surface area contributed by atoms with Crippen LogP contribution >= 0.6 is 11.6 Å². The van der Waals surface area contributed by atoms with Gasteiger partial charge in [-0.15, -0.1) is 0 Å². The van der Waals surface area contributed by atoms with E-state index in [0.717, 1.165) is 0 Å². The molecule has 0 atom stereocenters. The Morgan fingerprint density at radius 1 is 1.29 bits per heavy atom. The van der Waals surface area contributed by atoms with Crippen molar-refractivity contribution in [2.45, 2.75) is 26.7 Å². The number of rotatable bonds is 6.